The number of nitrogens with one attached hydrogen (secondary N) is 1. The number of hydrogen-bond donors (Lipinski definition) is 1. The van der Waals surface area contributed by atoms with Crippen LogP contribution in [0.5, 0.6) is 0 Å². The van der Waals surface area contributed by atoms with E-state index in [1.165, 1.54) is 0 Å². The Bertz CT molecular complexity index is 816. The highest BCUT2D eigenvalue weighted by atomic mass is 19.3. The highest BCUT2D eigenvalue weighted by Crippen LogP contribution is 2.36. The van der Waals surface area contributed by atoms with Gasteiger partial charge in [-0.05, 0) is 36.3 Å². The fourth-order valence-corrected chi connectivity index (χ4v) is 4.41. The first-order valence-electron chi connectivity index (χ1n) is 11.9. The lowest BCUT2D eigenvalue weighted by Gasteiger charge is -2.35. The monoisotopic (exact) mass is 439 g/mol. The normalized spacial score (nSPS) is 15.5. The average molecular weight is 440 g/mol. The van der Waals surface area contributed by atoms with Gasteiger partial charge in [0.15, 0.2) is 0 Å². The number of hydrogen-bond acceptors (Lipinski definition) is 1. The van der Waals surface area contributed by atoms with Gasteiger partial charge < -0.3 is 5.32 Å². The molecule has 2 rings (SSSR count). The third-order valence-electron chi connectivity index (χ3n) is 6.47. The molecule has 0 saturated heterocycles. The summed E-state index contributed by atoms with van der Waals surface area (Å²) in [6.45, 7) is 13.9. The molecule has 4 atom stereocenters. The number of halogens is 2. The first-order valence-corrected chi connectivity index (χ1v) is 11.9. The van der Waals surface area contributed by atoms with E-state index in [0.29, 0.717) is 18.8 Å². The summed E-state index contributed by atoms with van der Waals surface area (Å²) in [7, 11) is 0. The van der Waals surface area contributed by atoms with Crippen molar-refractivity contribution in [3.8, 4) is 0 Å². The maximum Gasteiger partial charge on any atom is 0.273 e. The van der Waals surface area contributed by atoms with Crippen LogP contribution in [0.15, 0.2) is 85.5 Å². The molecule has 0 aliphatic carbocycles. The summed E-state index contributed by atoms with van der Waals surface area (Å²) in [5, 5.41) is 3.52. The Morgan fingerprint density at radius 3 is 1.97 bits per heavy atom. The fraction of sp³-hybridized carbons (Fsp3) is 0.448. The minimum atomic E-state index is -3.00. The first-order chi connectivity index (χ1) is 15.3. The highest BCUT2D eigenvalue weighted by Gasteiger charge is 2.43. The topological polar surface area (TPSA) is 12.0 Å². The molecule has 0 amide bonds. The van der Waals surface area contributed by atoms with Gasteiger partial charge in [-0.2, -0.15) is 0 Å². The van der Waals surface area contributed by atoms with Gasteiger partial charge in [0, 0.05) is 23.6 Å². The molecular weight excluding hydrogens is 400 g/mol. The molecule has 3 heteroatoms. The van der Waals surface area contributed by atoms with Crippen LogP contribution >= 0.6 is 0 Å². The average Bonchev–Trinajstić information content (AvgIpc) is 2.81. The minimum Gasteiger partial charge on any atom is -0.303 e. The smallest absolute Gasteiger partial charge is 0.273 e. The van der Waals surface area contributed by atoms with E-state index in [-0.39, 0.29) is 11.6 Å². The molecule has 0 heterocycles. The van der Waals surface area contributed by atoms with E-state index in [9.17, 15) is 0 Å². The molecule has 174 valence electrons. The summed E-state index contributed by atoms with van der Waals surface area (Å²) in [4.78, 5) is 0. The Kier molecular flexibility index (Phi) is 10.3. The zero-order chi connectivity index (χ0) is 23.6. The predicted molar refractivity (Wildman–Crippen MR) is 133 cm³/mol. The van der Waals surface area contributed by atoms with Crippen LogP contribution < -0.4 is 5.32 Å². The quantitative estimate of drug-likeness (QED) is 0.298. The van der Waals surface area contributed by atoms with Crippen molar-refractivity contribution in [2.24, 2.45) is 11.8 Å². The zero-order valence-corrected chi connectivity index (χ0v) is 19.9. The van der Waals surface area contributed by atoms with Crippen LogP contribution in [0.25, 0.3) is 0 Å². The van der Waals surface area contributed by atoms with Crippen molar-refractivity contribution >= 4 is 0 Å². The SMILES string of the molecule is C=CC(NC(Cc1ccccc1)C(=C)C(F)(F)C(C)Cc1ccccc1)C(CC)CCC. The fourth-order valence-electron chi connectivity index (χ4n) is 4.41. The van der Waals surface area contributed by atoms with Crippen LogP contribution in [-0.4, -0.2) is 18.0 Å². The van der Waals surface area contributed by atoms with Crippen molar-refractivity contribution in [1.29, 1.82) is 0 Å². The summed E-state index contributed by atoms with van der Waals surface area (Å²) in [6.07, 6.45) is 5.72. The predicted octanol–water partition coefficient (Wildman–Crippen LogP) is 7.64. The van der Waals surface area contributed by atoms with E-state index in [4.69, 9.17) is 0 Å². The molecular formula is C29H39F2N. The summed E-state index contributed by atoms with van der Waals surface area (Å²) < 4.78 is 31.3. The van der Waals surface area contributed by atoms with Crippen molar-refractivity contribution in [1.82, 2.24) is 5.32 Å². The summed E-state index contributed by atoms with van der Waals surface area (Å²) in [5.74, 6) is -3.49. The first kappa shape index (κ1) is 26.0. The Labute approximate surface area is 193 Å². The molecule has 0 aliphatic rings. The number of benzene rings is 2. The molecule has 0 fully saturated rings. The Hall–Kier alpha value is -2.26. The van der Waals surface area contributed by atoms with Gasteiger partial charge >= 0.3 is 0 Å². The zero-order valence-electron chi connectivity index (χ0n) is 19.9. The van der Waals surface area contributed by atoms with E-state index in [0.717, 1.165) is 30.4 Å². The highest BCUT2D eigenvalue weighted by molar-refractivity contribution is 5.26. The molecule has 2 aromatic rings. The maximum atomic E-state index is 15.7. The molecule has 0 bridgehead atoms. The van der Waals surface area contributed by atoms with Gasteiger partial charge in [-0.25, -0.2) is 8.78 Å². The van der Waals surface area contributed by atoms with Crippen molar-refractivity contribution in [3.05, 3.63) is 96.6 Å². The molecule has 1 N–H and O–H groups in total. The van der Waals surface area contributed by atoms with E-state index >= 15 is 8.78 Å². The third-order valence-corrected chi connectivity index (χ3v) is 6.47. The van der Waals surface area contributed by atoms with Crippen LogP contribution in [0, 0.1) is 11.8 Å². The summed E-state index contributed by atoms with van der Waals surface area (Å²) in [5.41, 5.74) is 1.89. The molecule has 0 radical (unpaired) electrons. The van der Waals surface area contributed by atoms with Crippen molar-refractivity contribution < 1.29 is 8.78 Å². The lowest BCUT2D eigenvalue weighted by molar-refractivity contribution is -0.0201. The Balaban J connectivity index is 2.27. The number of alkyl halides is 2. The van der Waals surface area contributed by atoms with Crippen molar-refractivity contribution in [3.63, 3.8) is 0 Å². The lowest BCUT2D eigenvalue weighted by Crippen LogP contribution is -2.48. The van der Waals surface area contributed by atoms with E-state index in [1.54, 1.807) is 6.92 Å². The molecule has 0 aliphatic heterocycles. The van der Waals surface area contributed by atoms with Gasteiger partial charge in [0.25, 0.3) is 5.92 Å². The van der Waals surface area contributed by atoms with Crippen LogP contribution in [0.1, 0.15) is 51.2 Å². The van der Waals surface area contributed by atoms with Gasteiger partial charge in [-0.15, -0.1) is 6.58 Å². The lowest BCUT2D eigenvalue weighted by atomic mass is 9.84. The van der Waals surface area contributed by atoms with Gasteiger partial charge in [0.1, 0.15) is 0 Å². The van der Waals surface area contributed by atoms with Crippen LogP contribution in [0.2, 0.25) is 0 Å². The van der Waals surface area contributed by atoms with Gasteiger partial charge in [-0.1, -0.05) is 107 Å². The minimum absolute atomic E-state index is 0.0364. The Morgan fingerprint density at radius 2 is 1.50 bits per heavy atom. The summed E-state index contributed by atoms with van der Waals surface area (Å²) in [6, 6.07) is 18.7. The van der Waals surface area contributed by atoms with Gasteiger partial charge in [0.05, 0.1) is 0 Å². The second kappa shape index (κ2) is 12.7. The molecule has 2 aromatic carbocycles. The maximum absolute atomic E-state index is 15.7. The third kappa shape index (κ3) is 7.13. The van der Waals surface area contributed by atoms with Crippen molar-refractivity contribution in [2.45, 2.75) is 70.9 Å². The molecule has 4 unspecified atom stereocenters. The van der Waals surface area contributed by atoms with Gasteiger partial charge in [-0.3, -0.25) is 0 Å². The van der Waals surface area contributed by atoms with Crippen LogP contribution in [0.3, 0.4) is 0 Å². The molecule has 1 nitrogen and oxygen atoms in total. The van der Waals surface area contributed by atoms with Crippen molar-refractivity contribution in [2.75, 3.05) is 0 Å². The largest absolute Gasteiger partial charge is 0.303 e. The number of rotatable bonds is 14. The standard InChI is InChI=1S/C29H39F2N/c1-6-15-26(7-2)27(8-3)32-28(21-25-18-13-10-14-19-25)23(5)29(30,31)22(4)20-24-16-11-9-12-17-24/h8-14,16-19,22,26-28,32H,3,5-7,15,20-21H2,1-2,4H3. The molecule has 32 heavy (non-hydrogen) atoms. The molecule has 0 spiro atoms. The molecule has 0 saturated carbocycles. The second-order valence-corrected chi connectivity index (χ2v) is 8.87. The van der Waals surface area contributed by atoms with E-state index in [1.807, 2.05) is 66.7 Å². The van der Waals surface area contributed by atoms with Crippen LogP contribution in [0.4, 0.5) is 8.78 Å². The van der Waals surface area contributed by atoms with Gasteiger partial charge in [0.2, 0.25) is 0 Å². The summed E-state index contributed by atoms with van der Waals surface area (Å²) >= 11 is 0. The van der Waals surface area contributed by atoms with Crippen LogP contribution in [-0.2, 0) is 12.8 Å². The Morgan fingerprint density at radius 1 is 0.969 bits per heavy atom. The molecule has 0 aromatic heterocycles. The van der Waals surface area contributed by atoms with E-state index < -0.39 is 17.9 Å². The second-order valence-electron chi connectivity index (χ2n) is 8.87. The van der Waals surface area contributed by atoms with E-state index in [2.05, 4.69) is 32.3 Å².